The van der Waals surface area contributed by atoms with Crippen molar-refractivity contribution in [1.82, 2.24) is 20.0 Å². The van der Waals surface area contributed by atoms with Gasteiger partial charge in [-0.2, -0.15) is 5.10 Å². The maximum atomic E-state index is 12.5. The van der Waals surface area contributed by atoms with Crippen LogP contribution in [0.2, 0.25) is 0 Å². The van der Waals surface area contributed by atoms with Gasteiger partial charge in [-0.05, 0) is 50.8 Å². The van der Waals surface area contributed by atoms with Gasteiger partial charge < -0.3 is 10.2 Å². The maximum absolute atomic E-state index is 12.5. The predicted molar refractivity (Wildman–Crippen MR) is 77.2 cm³/mol. The highest BCUT2D eigenvalue weighted by Crippen LogP contribution is 2.29. The summed E-state index contributed by atoms with van der Waals surface area (Å²) in [6.07, 6.45) is 9.05. The molecule has 0 radical (unpaired) electrons. The van der Waals surface area contributed by atoms with Crippen LogP contribution in [-0.2, 0) is 11.3 Å². The van der Waals surface area contributed by atoms with Gasteiger partial charge in [0.15, 0.2) is 0 Å². The van der Waals surface area contributed by atoms with Crippen molar-refractivity contribution in [3.63, 3.8) is 0 Å². The molecule has 5 heteroatoms. The lowest BCUT2D eigenvalue weighted by Gasteiger charge is -2.30. The van der Waals surface area contributed by atoms with E-state index in [-0.39, 0.29) is 0 Å². The molecule has 1 N–H and O–H groups in total. The molecular weight excluding hydrogens is 252 g/mol. The van der Waals surface area contributed by atoms with Crippen LogP contribution < -0.4 is 5.32 Å². The van der Waals surface area contributed by atoms with Crippen LogP contribution in [0.3, 0.4) is 0 Å². The second-order valence-electron chi connectivity index (χ2n) is 5.99. The van der Waals surface area contributed by atoms with Gasteiger partial charge in [-0.3, -0.25) is 9.48 Å². The summed E-state index contributed by atoms with van der Waals surface area (Å²) in [6.45, 7) is 3.86. The molecule has 1 aliphatic heterocycles. The molecule has 1 saturated carbocycles. The molecule has 0 unspecified atom stereocenters. The molecule has 1 aromatic rings. The number of carbonyl (C=O) groups is 1. The number of hydrogen-bond donors (Lipinski definition) is 1. The Morgan fingerprint density at radius 2 is 2.10 bits per heavy atom. The van der Waals surface area contributed by atoms with Crippen LogP contribution in [0.1, 0.15) is 32.1 Å². The van der Waals surface area contributed by atoms with Crippen LogP contribution in [0, 0.1) is 5.92 Å². The van der Waals surface area contributed by atoms with Crippen LogP contribution in [0.15, 0.2) is 18.5 Å². The van der Waals surface area contributed by atoms with Gasteiger partial charge in [0, 0.05) is 37.9 Å². The number of nitrogens with one attached hydrogen (secondary N) is 1. The van der Waals surface area contributed by atoms with E-state index in [0.717, 1.165) is 19.6 Å². The fraction of sp³-hybridized carbons (Fsp3) is 0.733. The molecule has 1 amide bonds. The van der Waals surface area contributed by atoms with E-state index in [2.05, 4.69) is 15.3 Å². The highest BCUT2D eigenvalue weighted by molar-refractivity contribution is 5.76. The molecule has 0 spiro atoms. The Morgan fingerprint density at radius 1 is 1.30 bits per heavy atom. The van der Waals surface area contributed by atoms with Gasteiger partial charge in [0.05, 0.1) is 0 Å². The van der Waals surface area contributed by atoms with Crippen molar-refractivity contribution in [2.45, 2.75) is 44.7 Å². The summed E-state index contributed by atoms with van der Waals surface area (Å²) in [7, 11) is 0. The maximum Gasteiger partial charge on any atom is 0.224 e. The first-order chi connectivity index (χ1) is 9.83. The monoisotopic (exact) mass is 276 g/mol. The van der Waals surface area contributed by atoms with Crippen LogP contribution >= 0.6 is 0 Å². The van der Waals surface area contributed by atoms with Crippen molar-refractivity contribution in [3.05, 3.63) is 18.5 Å². The van der Waals surface area contributed by atoms with Crippen LogP contribution in [-0.4, -0.2) is 46.3 Å². The van der Waals surface area contributed by atoms with E-state index in [9.17, 15) is 4.79 Å². The molecule has 2 aliphatic rings. The van der Waals surface area contributed by atoms with E-state index < -0.39 is 0 Å². The van der Waals surface area contributed by atoms with Gasteiger partial charge in [0.1, 0.15) is 0 Å². The number of hydrogen-bond acceptors (Lipinski definition) is 3. The minimum atomic E-state index is 0.307. The summed E-state index contributed by atoms with van der Waals surface area (Å²) >= 11 is 0. The first-order valence-electron chi connectivity index (χ1n) is 7.80. The quantitative estimate of drug-likeness (QED) is 0.851. The third-order valence-corrected chi connectivity index (χ3v) is 4.34. The number of piperidine rings is 1. The largest absolute Gasteiger partial charge is 0.339 e. The highest BCUT2D eigenvalue weighted by atomic mass is 16.2. The van der Waals surface area contributed by atoms with Crippen LogP contribution in [0.25, 0.3) is 0 Å². The third kappa shape index (κ3) is 3.60. The Balaban J connectivity index is 1.51. The normalized spacial score (nSPS) is 20.0. The molecule has 20 heavy (non-hydrogen) atoms. The SMILES string of the molecule is O=C(CCn1cccn1)N(CC1CCNCC1)C1CC1. The van der Waals surface area contributed by atoms with E-state index in [1.807, 2.05) is 16.9 Å². The van der Waals surface area contributed by atoms with E-state index in [4.69, 9.17) is 0 Å². The van der Waals surface area contributed by atoms with E-state index >= 15 is 0 Å². The Morgan fingerprint density at radius 3 is 2.75 bits per heavy atom. The highest BCUT2D eigenvalue weighted by Gasteiger charge is 2.33. The first kappa shape index (κ1) is 13.6. The van der Waals surface area contributed by atoms with Crippen molar-refractivity contribution in [3.8, 4) is 0 Å². The second kappa shape index (κ2) is 6.39. The zero-order chi connectivity index (χ0) is 13.8. The molecule has 110 valence electrons. The Labute approximate surface area is 120 Å². The summed E-state index contributed by atoms with van der Waals surface area (Å²) in [5, 5.41) is 7.55. The summed E-state index contributed by atoms with van der Waals surface area (Å²) in [5.41, 5.74) is 0. The summed E-state index contributed by atoms with van der Waals surface area (Å²) in [4.78, 5) is 14.6. The number of aromatic nitrogens is 2. The molecule has 5 nitrogen and oxygen atoms in total. The smallest absolute Gasteiger partial charge is 0.224 e. The second-order valence-corrected chi connectivity index (χ2v) is 5.99. The number of rotatable bonds is 6. The lowest BCUT2D eigenvalue weighted by Crippen LogP contribution is -2.40. The predicted octanol–water partition coefficient (Wildman–Crippen LogP) is 1.26. The van der Waals surface area contributed by atoms with Gasteiger partial charge >= 0.3 is 0 Å². The molecule has 1 aromatic heterocycles. The minimum Gasteiger partial charge on any atom is -0.339 e. The average molecular weight is 276 g/mol. The zero-order valence-electron chi connectivity index (χ0n) is 12.0. The van der Waals surface area contributed by atoms with Crippen molar-refractivity contribution in [2.75, 3.05) is 19.6 Å². The molecule has 1 aliphatic carbocycles. The molecule has 0 bridgehead atoms. The Bertz CT molecular complexity index is 421. The van der Waals surface area contributed by atoms with E-state index in [0.29, 0.717) is 30.8 Å². The van der Waals surface area contributed by atoms with Crippen LogP contribution in [0.4, 0.5) is 0 Å². The molecule has 2 fully saturated rings. The molecular formula is C15H24N4O. The van der Waals surface area contributed by atoms with Crippen LogP contribution in [0.5, 0.6) is 0 Å². The summed E-state index contributed by atoms with van der Waals surface area (Å²) in [6, 6.07) is 2.42. The Kier molecular flexibility index (Phi) is 4.35. The fourth-order valence-electron chi connectivity index (χ4n) is 2.97. The van der Waals surface area contributed by atoms with Gasteiger partial charge in [0.2, 0.25) is 5.91 Å². The molecule has 2 heterocycles. The van der Waals surface area contributed by atoms with E-state index in [1.165, 1.54) is 25.7 Å². The van der Waals surface area contributed by atoms with Gasteiger partial charge in [-0.1, -0.05) is 0 Å². The number of amides is 1. The molecule has 1 saturated heterocycles. The third-order valence-electron chi connectivity index (χ3n) is 4.34. The molecule has 0 aromatic carbocycles. The standard InChI is InChI=1S/C15H24N4O/c20-15(6-11-18-10-1-7-17-18)19(14-2-3-14)12-13-4-8-16-9-5-13/h1,7,10,13-14,16H,2-6,8-9,11-12H2. The first-order valence-corrected chi connectivity index (χ1v) is 7.80. The topological polar surface area (TPSA) is 50.2 Å². The van der Waals surface area contributed by atoms with Gasteiger partial charge in [0.25, 0.3) is 0 Å². The van der Waals surface area contributed by atoms with Gasteiger partial charge in [-0.25, -0.2) is 0 Å². The molecule has 3 rings (SSSR count). The van der Waals surface area contributed by atoms with Crippen molar-refractivity contribution < 1.29 is 4.79 Å². The lowest BCUT2D eigenvalue weighted by atomic mass is 9.97. The minimum absolute atomic E-state index is 0.307. The fourth-order valence-corrected chi connectivity index (χ4v) is 2.97. The van der Waals surface area contributed by atoms with Crippen molar-refractivity contribution in [1.29, 1.82) is 0 Å². The molecule has 0 atom stereocenters. The number of nitrogens with zero attached hydrogens (tertiary/aromatic N) is 3. The zero-order valence-corrected chi connectivity index (χ0v) is 12.0. The Hall–Kier alpha value is -1.36. The summed E-state index contributed by atoms with van der Waals surface area (Å²) < 4.78 is 1.84. The van der Waals surface area contributed by atoms with Crippen molar-refractivity contribution >= 4 is 5.91 Å². The number of carbonyl (C=O) groups excluding carboxylic acids is 1. The average Bonchev–Trinajstić information content (AvgIpc) is 3.19. The lowest BCUT2D eigenvalue weighted by molar-refractivity contribution is -0.132. The van der Waals surface area contributed by atoms with E-state index in [1.54, 1.807) is 6.20 Å². The summed E-state index contributed by atoms with van der Waals surface area (Å²) in [5.74, 6) is 0.993. The number of aryl methyl sites for hydroxylation is 1. The van der Waals surface area contributed by atoms with Gasteiger partial charge in [-0.15, -0.1) is 0 Å². The van der Waals surface area contributed by atoms with Crippen molar-refractivity contribution in [2.24, 2.45) is 5.92 Å².